The highest BCUT2D eigenvalue weighted by Gasteiger charge is 2.14. The summed E-state index contributed by atoms with van der Waals surface area (Å²) in [5.74, 6) is 1.47. The zero-order chi connectivity index (χ0) is 20.1. The van der Waals surface area contributed by atoms with E-state index in [4.69, 9.17) is 9.15 Å². The van der Waals surface area contributed by atoms with Gasteiger partial charge in [-0.05, 0) is 44.2 Å². The lowest BCUT2D eigenvalue weighted by atomic mass is 10.2. The summed E-state index contributed by atoms with van der Waals surface area (Å²) in [6.07, 6.45) is 1.48. The molecule has 28 heavy (non-hydrogen) atoms. The van der Waals surface area contributed by atoms with Crippen LogP contribution in [-0.4, -0.2) is 23.3 Å². The average molecular weight is 444 g/mol. The number of aryl methyl sites for hydroxylation is 2. The Morgan fingerprint density at radius 3 is 2.64 bits per heavy atom. The highest BCUT2D eigenvalue weighted by Crippen LogP contribution is 2.23. The van der Waals surface area contributed by atoms with Crippen molar-refractivity contribution >= 4 is 33.4 Å². The molecule has 0 unspecified atom stereocenters. The lowest BCUT2D eigenvalue weighted by molar-refractivity contribution is -0.115. The zero-order valence-electron chi connectivity index (χ0n) is 15.3. The maximum absolute atomic E-state index is 12.1. The Hall–Kier alpha value is -3.13. The van der Waals surface area contributed by atoms with Crippen molar-refractivity contribution in [3.05, 3.63) is 70.2 Å². The number of pyridine rings is 1. The second-order valence-corrected chi connectivity index (χ2v) is 6.92. The first-order valence-electron chi connectivity index (χ1n) is 8.45. The summed E-state index contributed by atoms with van der Waals surface area (Å²) in [7, 11) is 0. The molecule has 0 radical (unpaired) electrons. The zero-order valence-corrected chi connectivity index (χ0v) is 16.9. The second kappa shape index (κ2) is 8.71. The molecular formula is C20H18BrN3O4. The van der Waals surface area contributed by atoms with E-state index in [2.05, 4.69) is 31.5 Å². The van der Waals surface area contributed by atoms with Crippen LogP contribution in [0.1, 0.15) is 21.9 Å². The molecule has 2 amide bonds. The molecule has 0 aliphatic rings. The summed E-state index contributed by atoms with van der Waals surface area (Å²) in [5.41, 5.74) is 0.914. The van der Waals surface area contributed by atoms with Gasteiger partial charge in [-0.25, -0.2) is 4.98 Å². The highest BCUT2D eigenvalue weighted by atomic mass is 79.9. The number of carbonyl (C=O) groups is 2. The van der Waals surface area contributed by atoms with E-state index < -0.39 is 0 Å². The van der Waals surface area contributed by atoms with Crippen LogP contribution in [0.2, 0.25) is 0 Å². The number of carbonyl (C=O) groups excluding carboxylic acids is 2. The minimum Gasteiger partial charge on any atom is -0.466 e. The number of benzene rings is 1. The van der Waals surface area contributed by atoms with E-state index in [1.54, 1.807) is 32.0 Å². The Balaban J connectivity index is 1.51. The summed E-state index contributed by atoms with van der Waals surface area (Å²) in [5, 5.41) is 5.23. The van der Waals surface area contributed by atoms with Crippen LogP contribution in [0.15, 0.2) is 57.6 Å². The molecule has 0 aliphatic carbocycles. The largest absolute Gasteiger partial charge is 0.466 e. The number of aromatic nitrogens is 1. The maximum atomic E-state index is 12.1. The van der Waals surface area contributed by atoms with Gasteiger partial charge in [0.2, 0.25) is 11.8 Å². The van der Waals surface area contributed by atoms with Crippen molar-refractivity contribution in [3.8, 4) is 11.6 Å². The van der Waals surface area contributed by atoms with Crippen molar-refractivity contribution in [1.82, 2.24) is 10.3 Å². The van der Waals surface area contributed by atoms with E-state index in [0.29, 0.717) is 34.4 Å². The summed E-state index contributed by atoms with van der Waals surface area (Å²) in [4.78, 5) is 28.3. The van der Waals surface area contributed by atoms with Crippen molar-refractivity contribution in [1.29, 1.82) is 0 Å². The van der Waals surface area contributed by atoms with Gasteiger partial charge in [-0.15, -0.1) is 0 Å². The molecule has 0 bridgehead atoms. The molecule has 0 spiro atoms. The fourth-order valence-corrected chi connectivity index (χ4v) is 2.86. The number of halogens is 1. The van der Waals surface area contributed by atoms with Crippen molar-refractivity contribution in [3.63, 3.8) is 0 Å². The molecule has 7 nitrogen and oxygen atoms in total. The van der Waals surface area contributed by atoms with Gasteiger partial charge in [-0.3, -0.25) is 9.59 Å². The average Bonchev–Trinajstić information content (AvgIpc) is 3.00. The van der Waals surface area contributed by atoms with Crippen LogP contribution in [0, 0.1) is 13.8 Å². The van der Waals surface area contributed by atoms with E-state index in [1.165, 1.54) is 6.20 Å². The monoisotopic (exact) mass is 443 g/mol. The molecule has 2 heterocycles. The molecule has 144 valence electrons. The van der Waals surface area contributed by atoms with E-state index in [1.807, 2.05) is 24.3 Å². The van der Waals surface area contributed by atoms with Crippen molar-refractivity contribution in [2.75, 3.05) is 11.9 Å². The second-order valence-electron chi connectivity index (χ2n) is 6.00. The third-order valence-electron chi connectivity index (χ3n) is 3.73. The first-order chi connectivity index (χ1) is 13.4. The summed E-state index contributed by atoms with van der Waals surface area (Å²) < 4.78 is 11.9. The van der Waals surface area contributed by atoms with Crippen LogP contribution in [0.3, 0.4) is 0 Å². The predicted octanol–water partition coefficient (Wildman–Crippen LogP) is 4.21. The number of nitrogens with one attached hydrogen (secondary N) is 2. The Kier molecular flexibility index (Phi) is 6.10. The summed E-state index contributed by atoms with van der Waals surface area (Å²) in [6, 6.07) is 12.3. The third-order valence-corrected chi connectivity index (χ3v) is 4.23. The number of rotatable bonds is 6. The van der Waals surface area contributed by atoms with Gasteiger partial charge in [-0.1, -0.05) is 22.0 Å². The molecule has 0 atom stereocenters. The lowest BCUT2D eigenvalue weighted by Crippen LogP contribution is -2.33. The van der Waals surface area contributed by atoms with Crippen LogP contribution >= 0.6 is 15.9 Å². The third kappa shape index (κ3) is 5.20. The van der Waals surface area contributed by atoms with Gasteiger partial charge < -0.3 is 19.8 Å². The number of hydrogen-bond acceptors (Lipinski definition) is 5. The molecule has 1 aromatic carbocycles. The van der Waals surface area contributed by atoms with Gasteiger partial charge in [0.05, 0.1) is 24.0 Å². The van der Waals surface area contributed by atoms with Crippen LogP contribution in [-0.2, 0) is 4.79 Å². The smallest absolute Gasteiger partial charge is 0.255 e. The SMILES string of the molecule is Cc1cc(C(=O)NCC(=O)Nc2ccc(Oc3cccc(Br)c3)nc2)c(C)o1. The minimum absolute atomic E-state index is 0.168. The number of nitrogens with zero attached hydrogens (tertiary/aromatic N) is 1. The Labute approximate surface area is 170 Å². The molecule has 0 fully saturated rings. The molecule has 2 N–H and O–H groups in total. The summed E-state index contributed by atoms with van der Waals surface area (Å²) >= 11 is 3.38. The fraction of sp³-hybridized carbons (Fsp3) is 0.150. The first-order valence-corrected chi connectivity index (χ1v) is 9.24. The van der Waals surface area contributed by atoms with Gasteiger partial charge >= 0.3 is 0 Å². The highest BCUT2D eigenvalue weighted by molar-refractivity contribution is 9.10. The topological polar surface area (TPSA) is 93.5 Å². The molecular weight excluding hydrogens is 426 g/mol. The molecule has 3 aromatic rings. The first kappa shape index (κ1) is 19.6. The molecule has 3 rings (SSSR count). The van der Waals surface area contributed by atoms with Crippen LogP contribution in [0.4, 0.5) is 5.69 Å². The number of furan rings is 1. The number of amides is 2. The Morgan fingerprint density at radius 1 is 1.18 bits per heavy atom. The lowest BCUT2D eigenvalue weighted by Gasteiger charge is -2.08. The Morgan fingerprint density at radius 2 is 2.00 bits per heavy atom. The molecule has 0 saturated carbocycles. The van der Waals surface area contributed by atoms with Gasteiger partial charge in [0.25, 0.3) is 5.91 Å². The predicted molar refractivity (Wildman–Crippen MR) is 108 cm³/mol. The van der Waals surface area contributed by atoms with Crippen molar-refractivity contribution in [2.45, 2.75) is 13.8 Å². The quantitative estimate of drug-likeness (QED) is 0.594. The number of anilines is 1. The van der Waals surface area contributed by atoms with Crippen LogP contribution in [0.5, 0.6) is 11.6 Å². The van der Waals surface area contributed by atoms with E-state index >= 15 is 0 Å². The van der Waals surface area contributed by atoms with Gasteiger partial charge in [-0.2, -0.15) is 0 Å². The number of hydrogen-bond donors (Lipinski definition) is 2. The summed E-state index contributed by atoms with van der Waals surface area (Å²) in [6.45, 7) is 3.29. The minimum atomic E-state index is -0.367. The number of ether oxygens (including phenoxy) is 1. The van der Waals surface area contributed by atoms with Gasteiger partial charge in [0.1, 0.15) is 17.3 Å². The van der Waals surface area contributed by atoms with E-state index in [9.17, 15) is 9.59 Å². The molecule has 0 aliphatic heterocycles. The standard InChI is InChI=1S/C20H18BrN3O4/c1-12-8-17(13(2)27-12)20(26)23-11-18(25)24-15-6-7-19(22-10-15)28-16-5-3-4-14(21)9-16/h3-10H,11H2,1-2H3,(H,23,26)(H,24,25). The van der Waals surface area contributed by atoms with Gasteiger partial charge in [0.15, 0.2) is 0 Å². The molecule has 8 heteroatoms. The van der Waals surface area contributed by atoms with Crippen molar-refractivity contribution < 1.29 is 18.7 Å². The van der Waals surface area contributed by atoms with E-state index in [0.717, 1.165) is 4.47 Å². The van der Waals surface area contributed by atoms with Crippen LogP contribution < -0.4 is 15.4 Å². The van der Waals surface area contributed by atoms with Crippen LogP contribution in [0.25, 0.3) is 0 Å². The van der Waals surface area contributed by atoms with Gasteiger partial charge in [0, 0.05) is 10.5 Å². The Bertz CT molecular complexity index is 999. The molecule has 2 aromatic heterocycles. The van der Waals surface area contributed by atoms with E-state index in [-0.39, 0.29) is 18.4 Å². The fourth-order valence-electron chi connectivity index (χ4n) is 2.48. The normalized spacial score (nSPS) is 10.4. The maximum Gasteiger partial charge on any atom is 0.255 e. The molecule has 0 saturated heterocycles. The van der Waals surface area contributed by atoms with Crippen molar-refractivity contribution in [2.24, 2.45) is 0 Å².